The molecule has 0 amide bonds. The number of hydrogen-bond acceptors (Lipinski definition) is 3. The maximum atomic E-state index is 15.4. The minimum atomic E-state index is -1.60. The van der Waals surface area contributed by atoms with Gasteiger partial charge in [0.15, 0.2) is 0 Å². The van der Waals surface area contributed by atoms with Crippen LogP contribution in [-0.2, 0) is 0 Å². The van der Waals surface area contributed by atoms with Crippen LogP contribution in [0.3, 0.4) is 0 Å². The minimum Gasteiger partial charge on any atom is -0.292 e. The molecule has 3 aromatic rings. The smallest absolute Gasteiger partial charge is 0.124 e. The number of rotatable bonds is 6. The zero-order valence-corrected chi connectivity index (χ0v) is 19.7. The number of nitriles is 2. The van der Waals surface area contributed by atoms with Gasteiger partial charge in [0.25, 0.3) is 0 Å². The topological polar surface area (TPSA) is 50.8 Å². The van der Waals surface area contributed by atoms with Gasteiger partial charge in [0, 0.05) is 24.0 Å². The molecular formula is C28H24ClF2N3. The fourth-order valence-corrected chi connectivity index (χ4v) is 5.22. The molecule has 172 valence electrons. The highest BCUT2D eigenvalue weighted by Gasteiger charge is 2.45. The van der Waals surface area contributed by atoms with Gasteiger partial charge in [-0.25, -0.2) is 8.78 Å². The van der Waals surface area contributed by atoms with Crippen molar-refractivity contribution in [1.82, 2.24) is 4.90 Å². The zero-order valence-electron chi connectivity index (χ0n) is 19.0. The predicted molar refractivity (Wildman–Crippen MR) is 129 cm³/mol. The Morgan fingerprint density at radius 1 is 0.912 bits per heavy atom. The lowest BCUT2D eigenvalue weighted by Crippen LogP contribution is -2.53. The lowest BCUT2D eigenvalue weighted by Gasteiger charge is -2.50. The van der Waals surface area contributed by atoms with Crippen molar-refractivity contribution in [3.8, 4) is 12.1 Å². The Morgan fingerprint density at radius 3 is 2.18 bits per heavy atom. The molecule has 1 saturated heterocycles. The average Bonchev–Trinajstić information content (AvgIpc) is 2.77. The van der Waals surface area contributed by atoms with Crippen LogP contribution in [0.5, 0.6) is 0 Å². The van der Waals surface area contributed by atoms with Crippen LogP contribution < -0.4 is 0 Å². The summed E-state index contributed by atoms with van der Waals surface area (Å²) in [7, 11) is 0. The molecule has 2 atom stereocenters. The maximum absolute atomic E-state index is 15.4. The lowest BCUT2D eigenvalue weighted by molar-refractivity contribution is 0.00812. The fraction of sp³-hybridized carbons (Fsp3) is 0.286. The van der Waals surface area contributed by atoms with Crippen molar-refractivity contribution in [3.05, 3.63) is 105 Å². The monoisotopic (exact) mass is 475 g/mol. The largest absolute Gasteiger partial charge is 0.292 e. The molecule has 34 heavy (non-hydrogen) atoms. The van der Waals surface area contributed by atoms with Crippen molar-refractivity contribution in [3.63, 3.8) is 0 Å². The number of likely N-dealkylation sites (tertiary alicyclic amines) is 1. The Hall–Kier alpha value is -3.25. The van der Waals surface area contributed by atoms with Crippen molar-refractivity contribution in [2.45, 2.75) is 31.5 Å². The van der Waals surface area contributed by atoms with Crippen molar-refractivity contribution in [2.75, 3.05) is 13.1 Å². The maximum Gasteiger partial charge on any atom is 0.124 e. The summed E-state index contributed by atoms with van der Waals surface area (Å²) in [6.07, 6.45) is 0. The molecule has 3 nitrogen and oxygen atoms in total. The van der Waals surface area contributed by atoms with E-state index in [1.54, 1.807) is 12.1 Å². The Bertz CT molecular complexity index is 1260. The average molecular weight is 476 g/mol. The molecule has 1 aliphatic heterocycles. The molecule has 3 aromatic carbocycles. The minimum absolute atomic E-state index is 0.0673. The number of hydrogen-bond donors (Lipinski definition) is 0. The Labute approximate surface area is 203 Å². The van der Waals surface area contributed by atoms with E-state index >= 15 is 4.39 Å². The van der Waals surface area contributed by atoms with Crippen LogP contribution in [0.4, 0.5) is 8.78 Å². The van der Waals surface area contributed by atoms with E-state index in [1.807, 2.05) is 48.5 Å². The highest BCUT2D eigenvalue weighted by molar-refractivity contribution is 6.30. The second-order valence-corrected chi connectivity index (χ2v) is 9.77. The van der Waals surface area contributed by atoms with E-state index in [9.17, 15) is 14.9 Å². The van der Waals surface area contributed by atoms with E-state index in [-0.39, 0.29) is 17.5 Å². The number of halogens is 3. The van der Waals surface area contributed by atoms with E-state index in [1.165, 1.54) is 19.9 Å². The molecule has 6 heteroatoms. The first-order valence-electron chi connectivity index (χ1n) is 11.1. The first kappa shape index (κ1) is 23.9. The zero-order chi connectivity index (χ0) is 24.5. The van der Waals surface area contributed by atoms with E-state index in [0.717, 1.165) is 17.2 Å². The third kappa shape index (κ3) is 4.97. The van der Waals surface area contributed by atoms with E-state index in [0.29, 0.717) is 29.2 Å². The summed E-state index contributed by atoms with van der Waals surface area (Å²) in [5, 5.41) is 19.3. The van der Waals surface area contributed by atoms with Gasteiger partial charge in [-0.05, 0) is 78.9 Å². The van der Waals surface area contributed by atoms with E-state index < -0.39 is 17.4 Å². The van der Waals surface area contributed by atoms with Gasteiger partial charge in [0.05, 0.1) is 29.3 Å². The van der Waals surface area contributed by atoms with Gasteiger partial charge in [0.1, 0.15) is 11.5 Å². The van der Waals surface area contributed by atoms with Crippen LogP contribution in [-0.4, -0.2) is 23.7 Å². The Balaban J connectivity index is 1.66. The van der Waals surface area contributed by atoms with Crippen molar-refractivity contribution < 1.29 is 8.78 Å². The first-order chi connectivity index (χ1) is 16.2. The number of nitrogens with zero attached hydrogens (tertiary/aromatic N) is 3. The summed E-state index contributed by atoms with van der Waals surface area (Å²) in [5.41, 5.74) is 1.64. The molecule has 4 rings (SSSR count). The van der Waals surface area contributed by atoms with Gasteiger partial charge in [-0.2, -0.15) is 10.5 Å². The van der Waals surface area contributed by atoms with Crippen LogP contribution >= 0.6 is 11.6 Å². The molecule has 0 aliphatic carbocycles. The molecule has 1 heterocycles. The molecule has 1 unspecified atom stereocenters. The van der Waals surface area contributed by atoms with Crippen LogP contribution in [0, 0.1) is 34.4 Å². The van der Waals surface area contributed by atoms with E-state index in [4.69, 9.17) is 11.6 Å². The summed E-state index contributed by atoms with van der Waals surface area (Å²) in [5.74, 6) is -1.17. The predicted octanol–water partition coefficient (Wildman–Crippen LogP) is 6.78. The molecule has 1 fully saturated rings. The fourth-order valence-electron chi connectivity index (χ4n) is 5.09. The standard InChI is InChI=1S/C28H24ClF2N3/c1-28(2,31)26(22-11-19(15-33)12-25(30)13-22)23-16-34(17-23)27(20-6-8-24(29)9-7-20)21-5-3-4-18(10-21)14-32/h3-13,23,26-27H,16-17H2,1-2H3/t26-,27?/m0/s1. The molecule has 0 saturated carbocycles. The third-order valence-corrected chi connectivity index (χ3v) is 6.69. The molecule has 0 aromatic heterocycles. The highest BCUT2D eigenvalue weighted by atomic mass is 35.5. The summed E-state index contributed by atoms with van der Waals surface area (Å²) in [4.78, 5) is 2.23. The van der Waals surface area contributed by atoms with Crippen LogP contribution in [0.1, 0.15) is 53.6 Å². The van der Waals surface area contributed by atoms with Gasteiger partial charge in [-0.15, -0.1) is 0 Å². The molecule has 1 aliphatic rings. The second-order valence-electron chi connectivity index (χ2n) is 9.33. The van der Waals surface area contributed by atoms with Gasteiger partial charge >= 0.3 is 0 Å². The molecule has 0 bridgehead atoms. The summed E-state index contributed by atoms with van der Waals surface area (Å²) >= 11 is 6.11. The second kappa shape index (κ2) is 9.55. The Kier molecular flexibility index (Phi) is 6.71. The molecule has 0 spiro atoms. The van der Waals surface area contributed by atoms with E-state index in [2.05, 4.69) is 11.0 Å². The molecule has 0 radical (unpaired) electrons. The summed E-state index contributed by atoms with van der Waals surface area (Å²) < 4.78 is 29.6. The van der Waals surface area contributed by atoms with Crippen molar-refractivity contribution in [1.29, 1.82) is 10.5 Å². The summed E-state index contributed by atoms with van der Waals surface area (Å²) in [6, 6.07) is 23.2. The van der Waals surface area contributed by atoms with Gasteiger partial charge in [0.2, 0.25) is 0 Å². The van der Waals surface area contributed by atoms with Crippen LogP contribution in [0.15, 0.2) is 66.7 Å². The van der Waals surface area contributed by atoms with Gasteiger partial charge in [-0.3, -0.25) is 4.90 Å². The highest BCUT2D eigenvalue weighted by Crippen LogP contribution is 2.45. The first-order valence-corrected chi connectivity index (χ1v) is 11.5. The van der Waals surface area contributed by atoms with Gasteiger partial charge < -0.3 is 0 Å². The third-order valence-electron chi connectivity index (χ3n) is 6.44. The quantitative estimate of drug-likeness (QED) is 0.395. The lowest BCUT2D eigenvalue weighted by atomic mass is 9.72. The SMILES string of the molecule is CC(C)(F)[C@@H](c1cc(F)cc(C#N)c1)C1CN(C(c2ccc(Cl)cc2)c2cccc(C#N)c2)C1. The van der Waals surface area contributed by atoms with Crippen molar-refractivity contribution in [2.24, 2.45) is 5.92 Å². The van der Waals surface area contributed by atoms with Gasteiger partial charge in [-0.1, -0.05) is 35.9 Å². The molecule has 0 N–H and O–H groups in total. The summed E-state index contributed by atoms with van der Waals surface area (Å²) in [6.45, 7) is 4.18. The van der Waals surface area contributed by atoms with Crippen LogP contribution in [0.2, 0.25) is 5.02 Å². The Morgan fingerprint density at radius 2 is 1.56 bits per heavy atom. The number of benzene rings is 3. The normalized spacial score (nSPS) is 16.2. The molecular weight excluding hydrogens is 452 g/mol. The van der Waals surface area contributed by atoms with Crippen molar-refractivity contribution >= 4 is 11.6 Å². The van der Waals surface area contributed by atoms with Crippen LogP contribution in [0.25, 0.3) is 0 Å². The number of alkyl halides is 1.